The van der Waals surface area contributed by atoms with Gasteiger partial charge in [0.25, 0.3) is 0 Å². The van der Waals surface area contributed by atoms with Gasteiger partial charge in [-0.3, -0.25) is 4.79 Å². The molecule has 4 heteroatoms. The topological polar surface area (TPSA) is 57.6 Å². The van der Waals surface area contributed by atoms with Crippen molar-refractivity contribution in [1.82, 2.24) is 4.90 Å². The van der Waals surface area contributed by atoms with Gasteiger partial charge in [0.2, 0.25) is 5.91 Å². The van der Waals surface area contributed by atoms with Crippen LogP contribution < -0.4 is 0 Å². The van der Waals surface area contributed by atoms with Crippen LogP contribution in [0.5, 0.6) is 0 Å². The smallest absolute Gasteiger partial charge is 0.326 e. The van der Waals surface area contributed by atoms with Gasteiger partial charge in [-0.25, -0.2) is 4.79 Å². The van der Waals surface area contributed by atoms with Gasteiger partial charge < -0.3 is 10.0 Å². The van der Waals surface area contributed by atoms with Crippen LogP contribution in [0.2, 0.25) is 0 Å². The number of nitrogens with zero attached hydrogens (tertiary/aromatic N) is 1. The van der Waals surface area contributed by atoms with Crippen LogP contribution in [0.1, 0.15) is 45.4 Å². The Hall–Kier alpha value is -1.06. The third kappa shape index (κ3) is 3.22. The highest BCUT2D eigenvalue weighted by Crippen LogP contribution is 2.19. The third-order valence-corrected chi connectivity index (χ3v) is 2.87. The van der Waals surface area contributed by atoms with Crippen LogP contribution in [0.4, 0.5) is 0 Å². The van der Waals surface area contributed by atoms with E-state index < -0.39 is 12.0 Å². The number of hydrogen-bond acceptors (Lipinski definition) is 2. The molecule has 1 N–H and O–H groups in total. The lowest BCUT2D eigenvalue weighted by atomic mass is 10.2. The summed E-state index contributed by atoms with van der Waals surface area (Å²) in [7, 11) is 0. The zero-order chi connectivity index (χ0) is 11.3. The summed E-state index contributed by atoms with van der Waals surface area (Å²) in [6, 6.07) is -0.570. The third-order valence-electron chi connectivity index (χ3n) is 2.87. The van der Waals surface area contributed by atoms with Crippen LogP contribution >= 0.6 is 0 Å². The highest BCUT2D eigenvalue weighted by Gasteiger charge is 2.35. The quantitative estimate of drug-likeness (QED) is 0.682. The molecule has 0 aliphatic carbocycles. The molecule has 1 rings (SSSR count). The Bertz CT molecular complexity index is 240. The number of carboxylic acid groups (broad SMARTS) is 1. The molecule has 0 radical (unpaired) electrons. The number of carbonyl (C=O) groups is 2. The molecule has 1 fully saturated rings. The van der Waals surface area contributed by atoms with E-state index in [4.69, 9.17) is 5.11 Å². The molecule has 1 heterocycles. The number of hydrogen-bond donors (Lipinski definition) is 1. The number of carboxylic acids is 1. The fourth-order valence-electron chi connectivity index (χ4n) is 1.98. The lowest BCUT2D eigenvalue weighted by molar-refractivity contribution is -0.146. The maximum Gasteiger partial charge on any atom is 0.326 e. The summed E-state index contributed by atoms with van der Waals surface area (Å²) < 4.78 is 0. The van der Waals surface area contributed by atoms with Crippen molar-refractivity contribution in [2.45, 2.75) is 51.5 Å². The Balaban J connectivity index is 2.36. The molecule has 0 aromatic carbocycles. The van der Waals surface area contributed by atoms with Crippen molar-refractivity contribution in [3.8, 4) is 0 Å². The predicted molar refractivity (Wildman–Crippen MR) is 56.5 cm³/mol. The average Bonchev–Trinajstić information content (AvgIpc) is 2.55. The van der Waals surface area contributed by atoms with Crippen molar-refractivity contribution in [1.29, 1.82) is 0 Å². The molecule has 0 aromatic heterocycles. The van der Waals surface area contributed by atoms with Crippen LogP contribution in [0.15, 0.2) is 0 Å². The molecule has 0 bridgehead atoms. The average molecular weight is 213 g/mol. The summed E-state index contributed by atoms with van der Waals surface area (Å²) in [5.74, 6) is -0.866. The molecule has 86 valence electrons. The lowest BCUT2D eigenvalue weighted by Crippen LogP contribution is -2.39. The molecule has 1 amide bonds. The minimum atomic E-state index is -0.864. The fraction of sp³-hybridized carbons (Fsp3) is 0.818. The lowest BCUT2D eigenvalue weighted by Gasteiger charge is -2.21. The minimum Gasteiger partial charge on any atom is -0.480 e. The molecule has 0 spiro atoms. The second kappa shape index (κ2) is 5.73. The predicted octanol–water partition coefficient (Wildman–Crippen LogP) is 1.64. The monoisotopic (exact) mass is 213 g/mol. The van der Waals surface area contributed by atoms with Crippen molar-refractivity contribution in [3.63, 3.8) is 0 Å². The molecule has 15 heavy (non-hydrogen) atoms. The second-order valence-corrected chi connectivity index (χ2v) is 4.04. The minimum absolute atomic E-state index is 0.00102. The van der Waals surface area contributed by atoms with Gasteiger partial charge in [0.15, 0.2) is 0 Å². The van der Waals surface area contributed by atoms with Gasteiger partial charge in [-0.15, -0.1) is 0 Å². The van der Waals surface area contributed by atoms with Crippen LogP contribution in [-0.4, -0.2) is 34.5 Å². The van der Waals surface area contributed by atoms with Gasteiger partial charge in [0.1, 0.15) is 6.04 Å². The Morgan fingerprint density at radius 1 is 1.47 bits per heavy atom. The highest BCUT2D eigenvalue weighted by molar-refractivity contribution is 5.87. The summed E-state index contributed by atoms with van der Waals surface area (Å²) in [6.07, 6.45) is 5.17. The molecule has 1 atom stereocenters. The van der Waals surface area contributed by atoms with Gasteiger partial charge in [-0.2, -0.15) is 0 Å². The number of unbranched alkanes of at least 4 members (excludes halogenated alkanes) is 3. The van der Waals surface area contributed by atoms with Gasteiger partial charge in [0, 0.05) is 13.0 Å². The van der Waals surface area contributed by atoms with Crippen molar-refractivity contribution in [3.05, 3.63) is 0 Å². The summed E-state index contributed by atoms with van der Waals surface area (Å²) in [5, 5.41) is 8.91. The van der Waals surface area contributed by atoms with E-state index >= 15 is 0 Å². The van der Waals surface area contributed by atoms with E-state index in [9.17, 15) is 9.59 Å². The molecule has 1 aliphatic heterocycles. The van der Waals surface area contributed by atoms with E-state index in [1.165, 1.54) is 4.90 Å². The highest BCUT2D eigenvalue weighted by atomic mass is 16.4. The number of amides is 1. The van der Waals surface area contributed by atoms with Crippen molar-refractivity contribution >= 4 is 11.9 Å². The zero-order valence-corrected chi connectivity index (χ0v) is 9.24. The summed E-state index contributed by atoms with van der Waals surface area (Å²) in [6.45, 7) is 2.73. The Kier molecular flexibility index (Phi) is 4.59. The SMILES string of the molecule is CCCCCCN1C(=O)CCC1C(=O)O. The Morgan fingerprint density at radius 2 is 2.20 bits per heavy atom. The molecule has 1 unspecified atom stereocenters. The maximum atomic E-state index is 11.4. The molecule has 0 aromatic rings. The van der Waals surface area contributed by atoms with Gasteiger partial charge in [-0.05, 0) is 12.8 Å². The number of likely N-dealkylation sites (tertiary alicyclic amines) is 1. The number of carbonyl (C=O) groups excluding carboxylic acids is 1. The normalized spacial score (nSPS) is 21.0. The first-order valence-electron chi connectivity index (χ1n) is 5.69. The van der Waals surface area contributed by atoms with Gasteiger partial charge in [0.05, 0.1) is 0 Å². The van der Waals surface area contributed by atoms with E-state index in [1.54, 1.807) is 0 Å². The molecule has 1 aliphatic rings. The number of rotatable bonds is 6. The van der Waals surface area contributed by atoms with Crippen LogP contribution in [-0.2, 0) is 9.59 Å². The standard InChI is InChI=1S/C11H19NO3/c1-2-3-4-5-8-12-9(11(14)15)6-7-10(12)13/h9H,2-8H2,1H3,(H,14,15). The van der Waals surface area contributed by atoms with Crippen molar-refractivity contribution in [2.24, 2.45) is 0 Å². The van der Waals surface area contributed by atoms with E-state index in [2.05, 4.69) is 6.92 Å². The molecule has 0 saturated carbocycles. The Morgan fingerprint density at radius 3 is 2.80 bits per heavy atom. The summed E-state index contributed by atoms with van der Waals surface area (Å²) in [5.41, 5.74) is 0. The Labute approximate surface area is 90.3 Å². The van der Waals surface area contributed by atoms with Crippen molar-refractivity contribution in [2.75, 3.05) is 6.54 Å². The van der Waals surface area contributed by atoms with Gasteiger partial charge >= 0.3 is 5.97 Å². The fourth-order valence-corrected chi connectivity index (χ4v) is 1.98. The molecule has 4 nitrogen and oxygen atoms in total. The largest absolute Gasteiger partial charge is 0.480 e. The molecular weight excluding hydrogens is 194 g/mol. The van der Waals surface area contributed by atoms with E-state index in [0.29, 0.717) is 19.4 Å². The number of aliphatic carboxylic acids is 1. The van der Waals surface area contributed by atoms with E-state index in [-0.39, 0.29) is 5.91 Å². The van der Waals surface area contributed by atoms with Crippen LogP contribution in [0.25, 0.3) is 0 Å². The van der Waals surface area contributed by atoms with Crippen LogP contribution in [0.3, 0.4) is 0 Å². The summed E-state index contributed by atoms with van der Waals surface area (Å²) in [4.78, 5) is 23.8. The van der Waals surface area contributed by atoms with E-state index in [1.807, 2.05) is 0 Å². The first-order valence-corrected chi connectivity index (χ1v) is 5.69. The van der Waals surface area contributed by atoms with Crippen LogP contribution in [0, 0.1) is 0 Å². The van der Waals surface area contributed by atoms with E-state index in [0.717, 1.165) is 25.7 Å². The zero-order valence-electron chi connectivity index (χ0n) is 9.24. The first kappa shape index (κ1) is 12.0. The second-order valence-electron chi connectivity index (χ2n) is 4.04. The maximum absolute atomic E-state index is 11.4. The first-order chi connectivity index (χ1) is 7.16. The molecule has 1 saturated heterocycles. The molecular formula is C11H19NO3. The van der Waals surface area contributed by atoms with Crippen molar-refractivity contribution < 1.29 is 14.7 Å². The summed E-state index contributed by atoms with van der Waals surface area (Å²) >= 11 is 0. The van der Waals surface area contributed by atoms with Gasteiger partial charge in [-0.1, -0.05) is 26.2 Å².